The molecule has 0 unspecified atom stereocenters. The average molecular weight is 173 g/mol. The fourth-order valence-corrected chi connectivity index (χ4v) is 1.88. The Morgan fingerprint density at radius 3 is 3.46 bits per heavy atom. The number of rotatable bonds is 0. The smallest absolute Gasteiger partial charge is 0.132 e. The van der Waals surface area contributed by atoms with Gasteiger partial charge in [0.25, 0.3) is 0 Å². The third-order valence-corrected chi connectivity index (χ3v) is 2.53. The zero-order chi connectivity index (χ0) is 8.67. The Kier molecular flexibility index (Phi) is 1.33. The van der Waals surface area contributed by atoms with Crippen molar-refractivity contribution in [3.63, 3.8) is 0 Å². The molecule has 3 nitrogen and oxygen atoms in total. The second-order valence-corrected chi connectivity index (χ2v) is 3.39. The molecule has 0 radical (unpaired) electrons. The molecule has 3 rings (SSSR count). The van der Waals surface area contributed by atoms with Gasteiger partial charge in [0.05, 0.1) is 17.4 Å². The minimum atomic E-state index is 1.06. The fraction of sp³-hybridized carbons (Fsp3) is 0.300. The first-order valence-electron chi connectivity index (χ1n) is 4.64. The van der Waals surface area contributed by atoms with E-state index in [1.54, 1.807) is 0 Å². The third kappa shape index (κ3) is 0.932. The molecular formula is C10H11N3. The average Bonchev–Trinajstić information content (AvgIpc) is 2.65. The summed E-state index contributed by atoms with van der Waals surface area (Å²) >= 11 is 0. The molecule has 0 fully saturated rings. The lowest BCUT2D eigenvalue weighted by Crippen LogP contribution is -2.16. The number of nitrogens with one attached hydrogen (secondary N) is 1. The number of aromatic nitrogens is 2. The van der Waals surface area contributed by atoms with Gasteiger partial charge in [0.1, 0.15) is 5.82 Å². The summed E-state index contributed by atoms with van der Waals surface area (Å²) < 4.78 is 2.17. The van der Waals surface area contributed by atoms with Gasteiger partial charge in [-0.3, -0.25) is 4.98 Å². The normalized spacial score (nSPS) is 15.4. The molecule has 13 heavy (non-hydrogen) atoms. The van der Waals surface area contributed by atoms with Crippen LogP contribution in [0.2, 0.25) is 0 Å². The lowest BCUT2D eigenvalue weighted by atomic mass is 10.2. The SMILES string of the molecule is c1cc2cnc3c(n2c1)NCCC3. The second kappa shape index (κ2) is 2.49. The summed E-state index contributed by atoms with van der Waals surface area (Å²) in [6.45, 7) is 1.06. The van der Waals surface area contributed by atoms with Gasteiger partial charge in [-0.2, -0.15) is 0 Å². The van der Waals surface area contributed by atoms with Crippen LogP contribution < -0.4 is 5.32 Å². The van der Waals surface area contributed by atoms with E-state index < -0.39 is 0 Å². The fourth-order valence-electron chi connectivity index (χ4n) is 1.88. The first-order valence-corrected chi connectivity index (χ1v) is 4.64. The Bertz CT molecular complexity index is 444. The van der Waals surface area contributed by atoms with Crippen molar-refractivity contribution in [1.82, 2.24) is 9.38 Å². The van der Waals surface area contributed by atoms with Crippen molar-refractivity contribution in [3.8, 4) is 0 Å². The van der Waals surface area contributed by atoms with Gasteiger partial charge in [0.2, 0.25) is 0 Å². The van der Waals surface area contributed by atoms with E-state index in [1.807, 2.05) is 12.3 Å². The highest BCUT2D eigenvalue weighted by atomic mass is 15.1. The van der Waals surface area contributed by atoms with Crippen LogP contribution in [-0.2, 0) is 6.42 Å². The van der Waals surface area contributed by atoms with Crippen molar-refractivity contribution in [1.29, 1.82) is 0 Å². The molecule has 2 aromatic rings. The standard InChI is InChI=1S/C10H11N3/c1-4-9-10(11-5-1)13-6-2-3-8(13)7-12-9/h2-3,6-7,11H,1,4-5H2. The van der Waals surface area contributed by atoms with Gasteiger partial charge in [-0.25, -0.2) is 0 Å². The minimum absolute atomic E-state index is 1.06. The zero-order valence-corrected chi connectivity index (χ0v) is 7.33. The quantitative estimate of drug-likeness (QED) is 0.657. The van der Waals surface area contributed by atoms with Gasteiger partial charge in [-0.05, 0) is 25.0 Å². The van der Waals surface area contributed by atoms with Crippen LogP contribution in [0.5, 0.6) is 0 Å². The first kappa shape index (κ1) is 6.95. The van der Waals surface area contributed by atoms with E-state index in [1.165, 1.54) is 17.9 Å². The summed E-state index contributed by atoms with van der Waals surface area (Å²) in [7, 11) is 0. The van der Waals surface area contributed by atoms with E-state index in [2.05, 4.69) is 27.0 Å². The molecular weight excluding hydrogens is 162 g/mol. The summed E-state index contributed by atoms with van der Waals surface area (Å²) in [6.07, 6.45) is 6.29. The van der Waals surface area contributed by atoms with Crippen LogP contribution in [0.25, 0.3) is 5.52 Å². The maximum Gasteiger partial charge on any atom is 0.132 e. The highest BCUT2D eigenvalue weighted by molar-refractivity contribution is 5.56. The molecule has 0 saturated heterocycles. The van der Waals surface area contributed by atoms with Crippen LogP contribution in [0.3, 0.4) is 0 Å². The van der Waals surface area contributed by atoms with Crippen LogP contribution in [0.4, 0.5) is 5.82 Å². The molecule has 1 N–H and O–H groups in total. The molecule has 0 amide bonds. The Balaban J connectivity index is 2.34. The van der Waals surface area contributed by atoms with Crippen molar-refractivity contribution in [3.05, 3.63) is 30.2 Å². The molecule has 66 valence electrons. The molecule has 0 aliphatic carbocycles. The lowest BCUT2D eigenvalue weighted by Gasteiger charge is -2.18. The van der Waals surface area contributed by atoms with Gasteiger partial charge < -0.3 is 9.72 Å². The Morgan fingerprint density at radius 1 is 1.46 bits per heavy atom. The van der Waals surface area contributed by atoms with Crippen molar-refractivity contribution >= 4 is 11.3 Å². The molecule has 3 heteroatoms. The molecule has 2 aromatic heterocycles. The minimum Gasteiger partial charge on any atom is -0.370 e. The van der Waals surface area contributed by atoms with E-state index in [0.717, 1.165) is 18.5 Å². The van der Waals surface area contributed by atoms with Gasteiger partial charge >= 0.3 is 0 Å². The Labute approximate surface area is 76.4 Å². The van der Waals surface area contributed by atoms with Crippen molar-refractivity contribution in [2.45, 2.75) is 12.8 Å². The van der Waals surface area contributed by atoms with Crippen LogP contribution in [0.1, 0.15) is 12.1 Å². The van der Waals surface area contributed by atoms with Gasteiger partial charge in [-0.15, -0.1) is 0 Å². The third-order valence-electron chi connectivity index (χ3n) is 2.53. The highest BCUT2D eigenvalue weighted by Gasteiger charge is 2.11. The number of fused-ring (bicyclic) bond motifs is 3. The largest absolute Gasteiger partial charge is 0.370 e. The summed E-state index contributed by atoms with van der Waals surface area (Å²) in [5, 5.41) is 3.39. The Hall–Kier alpha value is -1.51. The van der Waals surface area contributed by atoms with Crippen LogP contribution in [0.15, 0.2) is 24.5 Å². The zero-order valence-electron chi connectivity index (χ0n) is 7.33. The van der Waals surface area contributed by atoms with E-state index in [4.69, 9.17) is 0 Å². The van der Waals surface area contributed by atoms with Gasteiger partial charge in [0.15, 0.2) is 0 Å². The molecule has 0 atom stereocenters. The summed E-state index contributed by atoms with van der Waals surface area (Å²) in [6, 6.07) is 4.12. The van der Waals surface area contributed by atoms with E-state index in [0.29, 0.717) is 0 Å². The molecule has 0 bridgehead atoms. The number of aryl methyl sites for hydroxylation is 1. The molecule has 0 saturated carbocycles. The number of anilines is 1. The second-order valence-electron chi connectivity index (χ2n) is 3.39. The molecule has 0 aromatic carbocycles. The predicted molar refractivity (Wildman–Crippen MR) is 52.0 cm³/mol. The predicted octanol–water partition coefficient (Wildman–Crippen LogP) is 1.69. The maximum absolute atomic E-state index is 4.44. The topological polar surface area (TPSA) is 29.3 Å². The van der Waals surface area contributed by atoms with Gasteiger partial charge in [0, 0.05) is 12.7 Å². The van der Waals surface area contributed by atoms with Crippen molar-refractivity contribution in [2.75, 3.05) is 11.9 Å². The molecule has 1 aliphatic rings. The van der Waals surface area contributed by atoms with Crippen LogP contribution >= 0.6 is 0 Å². The number of hydrogen-bond acceptors (Lipinski definition) is 2. The monoisotopic (exact) mass is 173 g/mol. The summed E-state index contributed by atoms with van der Waals surface area (Å²) in [5.41, 5.74) is 2.35. The molecule has 3 heterocycles. The summed E-state index contributed by atoms with van der Waals surface area (Å²) in [4.78, 5) is 4.44. The highest BCUT2D eigenvalue weighted by Crippen LogP contribution is 2.21. The molecule has 1 aliphatic heterocycles. The van der Waals surface area contributed by atoms with Crippen molar-refractivity contribution in [2.24, 2.45) is 0 Å². The van der Waals surface area contributed by atoms with Gasteiger partial charge in [-0.1, -0.05) is 0 Å². The lowest BCUT2D eigenvalue weighted by molar-refractivity contribution is 0.783. The first-order chi connectivity index (χ1) is 6.45. The van der Waals surface area contributed by atoms with E-state index in [9.17, 15) is 0 Å². The maximum atomic E-state index is 4.44. The number of nitrogens with zero attached hydrogens (tertiary/aromatic N) is 2. The van der Waals surface area contributed by atoms with Crippen LogP contribution in [0, 0.1) is 0 Å². The van der Waals surface area contributed by atoms with E-state index in [-0.39, 0.29) is 0 Å². The molecule has 0 spiro atoms. The Morgan fingerprint density at radius 2 is 2.46 bits per heavy atom. The van der Waals surface area contributed by atoms with Crippen LogP contribution in [-0.4, -0.2) is 15.9 Å². The van der Waals surface area contributed by atoms with E-state index >= 15 is 0 Å². The van der Waals surface area contributed by atoms with Crippen molar-refractivity contribution < 1.29 is 0 Å². The summed E-state index contributed by atoms with van der Waals surface area (Å²) in [5.74, 6) is 1.17. The number of hydrogen-bond donors (Lipinski definition) is 1.